The van der Waals surface area contributed by atoms with Gasteiger partial charge < -0.3 is 19.1 Å². The summed E-state index contributed by atoms with van der Waals surface area (Å²) in [7, 11) is 0. The molecule has 0 atom stereocenters. The summed E-state index contributed by atoms with van der Waals surface area (Å²) in [6.45, 7) is 0. The molecular weight excluding hydrogens is 633 g/mol. The Hall–Kier alpha value is -7.04. The predicted octanol–water partition coefficient (Wildman–Crippen LogP) is 12.8. The molecule has 8 aromatic carbocycles. The zero-order valence-corrected chi connectivity index (χ0v) is 28.1. The maximum absolute atomic E-state index is 3.68. The van der Waals surface area contributed by atoms with E-state index < -0.39 is 0 Å². The molecule has 52 heavy (non-hydrogen) atoms. The second kappa shape index (κ2) is 10.3. The van der Waals surface area contributed by atoms with Crippen LogP contribution in [-0.2, 0) is 0 Å². The Bertz CT molecular complexity index is 3080. The summed E-state index contributed by atoms with van der Waals surface area (Å²) < 4.78 is 4.79. The molecule has 0 saturated heterocycles. The van der Waals surface area contributed by atoms with Gasteiger partial charge in [0.15, 0.2) is 0 Å². The SMILES string of the molecule is c1ccc2c(c1)c1ccccc1n2-c1ccc2[nH]c3ccc(-c4ccc5[nH]c6ccc(-n7c8ccccc8c8ccccc87)cc6c5c4)cc3c2c1. The quantitative estimate of drug-likeness (QED) is 0.189. The van der Waals surface area contributed by atoms with Crippen LogP contribution in [0.4, 0.5) is 0 Å². The minimum absolute atomic E-state index is 1.14. The fourth-order valence-electron chi connectivity index (χ4n) is 8.81. The highest BCUT2D eigenvalue weighted by Gasteiger charge is 2.16. The van der Waals surface area contributed by atoms with Crippen molar-refractivity contribution < 1.29 is 0 Å². The maximum Gasteiger partial charge on any atom is 0.0541 e. The number of fused-ring (bicyclic) bond motifs is 12. The molecular formula is C48H30N4. The Morgan fingerprint density at radius 2 is 0.577 bits per heavy atom. The third-order valence-electron chi connectivity index (χ3n) is 11.2. The Kier molecular flexibility index (Phi) is 5.47. The van der Waals surface area contributed by atoms with Crippen LogP contribution in [0.1, 0.15) is 0 Å². The van der Waals surface area contributed by atoms with Gasteiger partial charge in [-0.3, -0.25) is 0 Å². The average molecular weight is 663 g/mol. The molecule has 0 radical (unpaired) electrons. The molecule has 0 aliphatic heterocycles. The molecule has 0 bridgehead atoms. The summed E-state index contributed by atoms with van der Waals surface area (Å²) >= 11 is 0. The fourth-order valence-corrected chi connectivity index (χ4v) is 8.81. The summed E-state index contributed by atoms with van der Waals surface area (Å²) in [5.74, 6) is 0. The Balaban J connectivity index is 1.02. The maximum atomic E-state index is 3.68. The lowest BCUT2D eigenvalue weighted by Gasteiger charge is -2.09. The van der Waals surface area contributed by atoms with Gasteiger partial charge in [-0.25, -0.2) is 0 Å². The summed E-state index contributed by atoms with van der Waals surface area (Å²) in [6.07, 6.45) is 0. The first-order chi connectivity index (χ1) is 25.8. The van der Waals surface area contributed by atoms with E-state index in [-0.39, 0.29) is 0 Å². The highest BCUT2D eigenvalue weighted by atomic mass is 15.0. The molecule has 2 N–H and O–H groups in total. The van der Waals surface area contributed by atoms with E-state index in [0.717, 1.165) is 33.4 Å². The standard InChI is InChI=1S/C48H30N4/c1-5-13-45-33(9-1)34-10-2-6-14-46(34)51(45)31-19-23-43-39(27-31)37-25-29(17-21-41(37)49-43)30-18-22-42-38(26-30)40-28-32(20-24-44(40)50-42)52-47-15-7-3-11-35(47)36-12-4-8-16-48(36)52/h1-28,49-50H. The molecule has 0 saturated carbocycles. The molecule has 0 aliphatic carbocycles. The summed E-state index contributed by atoms with van der Waals surface area (Å²) in [4.78, 5) is 7.36. The smallest absolute Gasteiger partial charge is 0.0541 e. The minimum Gasteiger partial charge on any atom is -0.355 e. The van der Waals surface area contributed by atoms with Crippen LogP contribution in [0.25, 0.3) is 110 Å². The Labute approximate surface area is 297 Å². The molecule has 4 nitrogen and oxygen atoms in total. The number of aromatic amines is 2. The van der Waals surface area contributed by atoms with Gasteiger partial charge in [0.25, 0.3) is 0 Å². The number of benzene rings is 8. The van der Waals surface area contributed by atoms with E-state index in [4.69, 9.17) is 0 Å². The van der Waals surface area contributed by atoms with Crippen molar-refractivity contribution in [1.29, 1.82) is 0 Å². The summed E-state index contributed by atoms with van der Waals surface area (Å²) in [6, 6.07) is 62.0. The van der Waals surface area contributed by atoms with Gasteiger partial charge in [0.2, 0.25) is 0 Å². The summed E-state index contributed by atoms with van der Waals surface area (Å²) in [5, 5.41) is 9.98. The number of H-pyrrole nitrogens is 2. The second-order valence-electron chi connectivity index (χ2n) is 14.0. The number of para-hydroxylation sites is 4. The largest absolute Gasteiger partial charge is 0.355 e. The van der Waals surface area contributed by atoms with Crippen LogP contribution in [0, 0.1) is 0 Å². The lowest BCUT2D eigenvalue weighted by atomic mass is 10.0. The third kappa shape index (κ3) is 3.81. The molecule has 0 spiro atoms. The van der Waals surface area contributed by atoms with E-state index in [2.05, 4.69) is 189 Å². The number of hydrogen-bond donors (Lipinski definition) is 2. The average Bonchev–Trinajstić information content (AvgIpc) is 3.94. The van der Waals surface area contributed by atoms with Crippen molar-refractivity contribution in [3.8, 4) is 22.5 Å². The first-order valence-corrected chi connectivity index (χ1v) is 17.9. The predicted molar refractivity (Wildman–Crippen MR) is 219 cm³/mol. The van der Waals surface area contributed by atoms with E-state index in [1.165, 1.54) is 76.3 Å². The topological polar surface area (TPSA) is 41.4 Å². The summed E-state index contributed by atoms with van der Waals surface area (Å²) in [5.41, 5.74) is 14.2. The highest BCUT2D eigenvalue weighted by Crippen LogP contribution is 2.38. The van der Waals surface area contributed by atoms with Crippen molar-refractivity contribution in [3.63, 3.8) is 0 Å². The van der Waals surface area contributed by atoms with Crippen molar-refractivity contribution in [2.45, 2.75) is 0 Å². The van der Waals surface area contributed by atoms with Gasteiger partial charge in [-0.15, -0.1) is 0 Å². The van der Waals surface area contributed by atoms with Gasteiger partial charge in [0.05, 0.1) is 22.1 Å². The van der Waals surface area contributed by atoms with Gasteiger partial charge in [0, 0.05) is 76.5 Å². The first-order valence-electron chi connectivity index (χ1n) is 17.9. The molecule has 0 amide bonds. The van der Waals surface area contributed by atoms with Gasteiger partial charge >= 0.3 is 0 Å². The van der Waals surface area contributed by atoms with Crippen molar-refractivity contribution in [2.75, 3.05) is 0 Å². The van der Waals surface area contributed by atoms with Crippen molar-refractivity contribution in [3.05, 3.63) is 170 Å². The molecule has 4 aromatic heterocycles. The van der Waals surface area contributed by atoms with E-state index in [9.17, 15) is 0 Å². The number of hydrogen-bond acceptors (Lipinski definition) is 0. The van der Waals surface area contributed by atoms with Crippen LogP contribution < -0.4 is 0 Å². The van der Waals surface area contributed by atoms with Crippen LogP contribution in [0.2, 0.25) is 0 Å². The second-order valence-corrected chi connectivity index (χ2v) is 14.0. The number of aromatic nitrogens is 4. The Morgan fingerprint density at radius 1 is 0.269 bits per heavy atom. The molecule has 0 fully saturated rings. The van der Waals surface area contributed by atoms with Gasteiger partial charge in [-0.05, 0) is 96.1 Å². The number of nitrogens with zero attached hydrogens (tertiary/aromatic N) is 2. The van der Waals surface area contributed by atoms with Gasteiger partial charge in [-0.1, -0.05) is 84.9 Å². The zero-order chi connectivity index (χ0) is 33.9. The molecule has 12 rings (SSSR count). The van der Waals surface area contributed by atoms with Crippen molar-refractivity contribution in [1.82, 2.24) is 19.1 Å². The molecule has 4 heteroatoms. The monoisotopic (exact) mass is 662 g/mol. The number of rotatable bonds is 3. The number of nitrogens with one attached hydrogen (secondary N) is 2. The Morgan fingerprint density at radius 3 is 0.942 bits per heavy atom. The van der Waals surface area contributed by atoms with Crippen LogP contribution in [0.5, 0.6) is 0 Å². The molecule has 242 valence electrons. The fraction of sp³-hybridized carbons (Fsp3) is 0. The van der Waals surface area contributed by atoms with Crippen LogP contribution in [0.15, 0.2) is 170 Å². The van der Waals surface area contributed by atoms with Crippen molar-refractivity contribution in [2.24, 2.45) is 0 Å². The van der Waals surface area contributed by atoms with E-state index in [1.54, 1.807) is 0 Å². The normalized spacial score (nSPS) is 12.2. The van der Waals surface area contributed by atoms with Crippen LogP contribution in [-0.4, -0.2) is 19.1 Å². The molecule has 0 unspecified atom stereocenters. The van der Waals surface area contributed by atoms with E-state index in [0.29, 0.717) is 0 Å². The first kappa shape index (κ1) is 27.7. The van der Waals surface area contributed by atoms with Crippen LogP contribution >= 0.6 is 0 Å². The van der Waals surface area contributed by atoms with Crippen LogP contribution in [0.3, 0.4) is 0 Å². The van der Waals surface area contributed by atoms with Gasteiger partial charge in [-0.2, -0.15) is 0 Å². The zero-order valence-electron chi connectivity index (χ0n) is 28.1. The molecule has 0 aliphatic rings. The van der Waals surface area contributed by atoms with E-state index >= 15 is 0 Å². The molecule has 4 heterocycles. The lowest BCUT2D eigenvalue weighted by Crippen LogP contribution is -1.93. The third-order valence-corrected chi connectivity index (χ3v) is 11.2. The molecule has 12 aromatic rings. The van der Waals surface area contributed by atoms with E-state index in [1.807, 2.05) is 0 Å². The van der Waals surface area contributed by atoms with Gasteiger partial charge in [0.1, 0.15) is 0 Å². The van der Waals surface area contributed by atoms with Crippen molar-refractivity contribution >= 4 is 87.2 Å². The lowest BCUT2D eigenvalue weighted by molar-refractivity contribution is 1.19. The highest BCUT2D eigenvalue weighted by molar-refractivity contribution is 6.14. The minimum atomic E-state index is 1.14.